The number of pyridine rings is 1. The standard InChI is InChI=1S/C11H17N5O4/c1-2-13-10-5-8(16(18)19)6-11(15-10)14-3-4-20-7-9(12)17/h5-6H,2-4,7H2,1H3,(H2,12,17)(H2,13,14,15). The highest BCUT2D eigenvalue weighted by Gasteiger charge is 2.10. The maximum absolute atomic E-state index is 10.8. The van der Waals surface area contributed by atoms with Crippen LogP contribution >= 0.6 is 0 Å². The van der Waals surface area contributed by atoms with Crippen molar-refractivity contribution in [3.05, 3.63) is 22.2 Å². The first-order valence-corrected chi connectivity index (χ1v) is 6.03. The summed E-state index contributed by atoms with van der Waals surface area (Å²) >= 11 is 0. The van der Waals surface area contributed by atoms with Gasteiger partial charge in [-0.3, -0.25) is 14.9 Å². The second-order valence-corrected chi connectivity index (χ2v) is 3.83. The van der Waals surface area contributed by atoms with E-state index in [9.17, 15) is 14.9 Å². The van der Waals surface area contributed by atoms with Crippen molar-refractivity contribution in [2.24, 2.45) is 5.73 Å². The first kappa shape index (κ1) is 15.6. The Morgan fingerprint density at radius 1 is 1.45 bits per heavy atom. The maximum atomic E-state index is 10.8. The summed E-state index contributed by atoms with van der Waals surface area (Å²) in [4.78, 5) is 24.9. The van der Waals surface area contributed by atoms with Crippen LogP contribution in [0.25, 0.3) is 0 Å². The van der Waals surface area contributed by atoms with Crippen molar-refractivity contribution >= 4 is 23.2 Å². The lowest BCUT2D eigenvalue weighted by molar-refractivity contribution is -0.384. The van der Waals surface area contributed by atoms with Crippen molar-refractivity contribution in [3.63, 3.8) is 0 Å². The van der Waals surface area contributed by atoms with Crippen LogP contribution in [0.1, 0.15) is 6.92 Å². The Hall–Kier alpha value is -2.42. The van der Waals surface area contributed by atoms with Gasteiger partial charge in [-0.15, -0.1) is 0 Å². The van der Waals surface area contributed by atoms with Crippen LogP contribution in [-0.2, 0) is 9.53 Å². The molecule has 1 rings (SSSR count). The normalized spacial score (nSPS) is 10.1. The van der Waals surface area contributed by atoms with Crippen molar-refractivity contribution in [1.82, 2.24) is 4.98 Å². The minimum atomic E-state index is -0.548. The third kappa shape index (κ3) is 5.48. The lowest BCUT2D eigenvalue weighted by Crippen LogP contribution is -2.20. The molecule has 1 aromatic rings. The first-order chi connectivity index (χ1) is 9.52. The molecule has 0 fully saturated rings. The van der Waals surface area contributed by atoms with Crippen LogP contribution < -0.4 is 16.4 Å². The van der Waals surface area contributed by atoms with Gasteiger partial charge in [0.2, 0.25) is 5.91 Å². The summed E-state index contributed by atoms with van der Waals surface area (Å²) in [6.45, 7) is 2.91. The molecular weight excluding hydrogens is 266 g/mol. The summed E-state index contributed by atoms with van der Waals surface area (Å²) in [5.41, 5.74) is 4.85. The fourth-order valence-corrected chi connectivity index (χ4v) is 1.41. The molecule has 0 aliphatic carbocycles. The fourth-order valence-electron chi connectivity index (χ4n) is 1.41. The number of hydrogen-bond donors (Lipinski definition) is 3. The summed E-state index contributed by atoms with van der Waals surface area (Å²) in [5, 5.41) is 16.6. The number of primary amides is 1. The fraction of sp³-hybridized carbons (Fsp3) is 0.455. The zero-order valence-electron chi connectivity index (χ0n) is 11.1. The first-order valence-electron chi connectivity index (χ1n) is 6.03. The number of amides is 1. The molecule has 1 aromatic heterocycles. The van der Waals surface area contributed by atoms with E-state index in [1.54, 1.807) is 0 Å². The Balaban J connectivity index is 2.59. The quantitative estimate of drug-likeness (QED) is 0.338. The number of nitrogens with two attached hydrogens (primary N) is 1. The van der Waals surface area contributed by atoms with E-state index >= 15 is 0 Å². The minimum Gasteiger partial charge on any atom is -0.370 e. The highest BCUT2D eigenvalue weighted by molar-refractivity contribution is 5.74. The van der Waals surface area contributed by atoms with Crippen LogP contribution in [0.2, 0.25) is 0 Å². The Bertz CT molecular complexity index is 480. The van der Waals surface area contributed by atoms with Crippen molar-refractivity contribution in [2.45, 2.75) is 6.92 Å². The van der Waals surface area contributed by atoms with Crippen LogP contribution in [0.5, 0.6) is 0 Å². The number of aromatic nitrogens is 1. The summed E-state index contributed by atoms with van der Waals surface area (Å²) in [6.07, 6.45) is 0. The van der Waals surface area contributed by atoms with Crippen molar-refractivity contribution < 1.29 is 14.5 Å². The molecule has 0 unspecified atom stereocenters. The number of anilines is 2. The molecule has 4 N–H and O–H groups in total. The van der Waals surface area contributed by atoms with Crippen LogP contribution in [0.3, 0.4) is 0 Å². The number of rotatable bonds is 9. The Morgan fingerprint density at radius 3 is 2.65 bits per heavy atom. The minimum absolute atomic E-state index is 0.0588. The topological polar surface area (TPSA) is 132 Å². The highest BCUT2D eigenvalue weighted by atomic mass is 16.6. The molecular formula is C11H17N5O4. The van der Waals surface area contributed by atoms with E-state index in [0.717, 1.165) is 0 Å². The van der Waals surface area contributed by atoms with Crippen LogP contribution in [-0.4, -0.2) is 42.1 Å². The summed E-state index contributed by atoms with van der Waals surface area (Å²) < 4.78 is 4.96. The summed E-state index contributed by atoms with van der Waals surface area (Å²) in [6, 6.07) is 2.69. The zero-order valence-corrected chi connectivity index (χ0v) is 11.1. The number of hydrogen-bond acceptors (Lipinski definition) is 7. The molecule has 0 saturated carbocycles. The number of nitrogens with zero attached hydrogens (tertiary/aromatic N) is 2. The van der Waals surface area contributed by atoms with E-state index in [-0.39, 0.29) is 18.9 Å². The van der Waals surface area contributed by atoms with E-state index in [0.29, 0.717) is 24.7 Å². The van der Waals surface area contributed by atoms with Crippen molar-refractivity contribution in [2.75, 3.05) is 36.9 Å². The molecule has 0 aromatic carbocycles. The van der Waals surface area contributed by atoms with Gasteiger partial charge < -0.3 is 21.1 Å². The van der Waals surface area contributed by atoms with E-state index in [1.807, 2.05) is 6.92 Å². The van der Waals surface area contributed by atoms with Gasteiger partial charge in [-0.05, 0) is 6.92 Å². The van der Waals surface area contributed by atoms with Crippen molar-refractivity contribution in [1.29, 1.82) is 0 Å². The third-order valence-electron chi connectivity index (χ3n) is 2.18. The average Bonchev–Trinajstić information content (AvgIpc) is 2.38. The Kier molecular flexibility index (Phi) is 6.17. The number of nitrogens with one attached hydrogen (secondary N) is 2. The van der Waals surface area contributed by atoms with Gasteiger partial charge in [0.1, 0.15) is 18.2 Å². The molecule has 0 aliphatic heterocycles. The Labute approximate surface area is 115 Å². The van der Waals surface area contributed by atoms with Gasteiger partial charge in [-0.25, -0.2) is 4.98 Å². The number of carbonyl (C=O) groups excluding carboxylic acids is 1. The predicted octanol–water partition coefficient (Wildman–Crippen LogP) is 0.335. The molecule has 0 radical (unpaired) electrons. The largest absolute Gasteiger partial charge is 0.370 e. The predicted molar refractivity (Wildman–Crippen MR) is 73.6 cm³/mol. The van der Waals surface area contributed by atoms with Gasteiger partial charge in [-0.2, -0.15) is 0 Å². The van der Waals surface area contributed by atoms with E-state index in [2.05, 4.69) is 15.6 Å². The second kappa shape index (κ2) is 7.89. The molecule has 1 heterocycles. The van der Waals surface area contributed by atoms with Crippen LogP contribution in [0.15, 0.2) is 12.1 Å². The smallest absolute Gasteiger partial charge is 0.276 e. The lowest BCUT2D eigenvalue weighted by Gasteiger charge is -2.08. The van der Waals surface area contributed by atoms with Gasteiger partial charge in [0.25, 0.3) is 5.69 Å². The number of ether oxygens (including phenoxy) is 1. The summed E-state index contributed by atoms with van der Waals surface area (Å²) in [5.74, 6) is 0.230. The summed E-state index contributed by atoms with van der Waals surface area (Å²) in [7, 11) is 0. The molecule has 9 nitrogen and oxygen atoms in total. The van der Waals surface area contributed by atoms with E-state index in [4.69, 9.17) is 10.5 Å². The average molecular weight is 283 g/mol. The van der Waals surface area contributed by atoms with Gasteiger partial charge in [-0.1, -0.05) is 0 Å². The highest BCUT2D eigenvalue weighted by Crippen LogP contribution is 2.20. The van der Waals surface area contributed by atoms with Gasteiger partial charge in [0.05, 0.1) is 23.7 Å². The van der Waals surface area contributed by atoms with Crippen molar-refractivity contribution in [3.8, 4) is 0 Å². The van der Waals surface area contributed by atoms with Crippen LogP contribution in [0.4, 0.5) is 17.3 Å². The van der Waals surface area contributed by atoms with E-state index < -0.39 is 10.8 Å². The zero-order chi connectivity index (χ0) is 15.0. The second-order valence-electron chi connectivity index (χ2n) is 3.83. The van der Waals surface area contributed by atoms with Gasteiger partial charge >= 0.3 is 0 Å². The van der Waals surface area contributed by atoms with E-state index in [1.165, 1.54) is 12.1 Å². The number of nitro groups is 1. The SMILES string of the molecule is CCNc1cc([N+](=O)[O-])cc(NCCOCC(N)=O)n1. The number of carbonyl (C=O) groups is 1. The molecule has 0 aliphatic rings. The lowest BCUT2D eigenvalue weighted by atomic mass is 10.3. The molecule has 0 spiro atoms. The molecule has 0 saturated heterocycles. The van der Waals surface area contributed by atoms with Gasteiger partial charge in [0, 0.05) is 13.1 Å². The molecule has 1 amide bonds. The molecule has 20 heavy (non-hydrogen) atoms. The van der Waals surface area contributed by atoms with Gasteiger partial charge in [0.15, 0.2) is 0 Å². The molecule has 0 atom stereocenters. The molecule has 0 bridgehead atoms. The third-order valence-corrected chi connectivity index (χ3v) is 2.18. The van der Waals surface area contributed by atoms with Crippen LogP contribution in [0, 0.1) is 10.1 Å². The maximum Gasteiger partial charge on any atom is 0.276 e. The Morgan fingerprint density at radius 2 is 2.10 bits per heavy atom. The molecule has 110 valence electrons. The molecule has 9 heteroatoms. The monoisotopic (exact) mass is 283 g/mol.